The number of hydrogen-bond donors (Lipinski definition) is 1. The Labute approximate surface area is 171 Å². The molecule has 0 unspecified atom stereocenters. The lowest BCUT2D eigenvalue weighted by atomic mass is 10.1. The lowest BCUT2D eigenvalue weighted by Gasteiger charge is -2.14. The Morgan fingerprint density at radius 2 is 2.03 bits per heavy atom. The number of carbonyl (C=O) groups excluding carboxylic acids is 1. The van der Waals surface area contributed by atoms with Gasteiger partial charge in [-0.15, -0.1) is 0 Å². The van der Waals surface area contributed by atoms with Gasteiger partial charge in [-0.05, 0) is 45.4 Å². The molecule has 0 aliphatic rings. The molecular formula is C22H28N4O3. The fraction of sp³-hybridized carbons (Fsp3) is 0.409. The number of hydrogen-bond acceptors (Lipinski definition) is 6. The summed E-state index contributed by atoms with van der Waals surface area (Å²) in [7, 11) is 1.67. The third kappa shape index (κ3) is 4.18. The molecule has 2 aromatic heterocycles. The first-order chi connectivity index (χ1) is 14.0. The molecule has 0 spiro atoms. The highest BCUT2D eigenvalue weighted by Crippen LogP contribution is 2.26. The molecule has 1 N–H and O–H groups in total. The van der Waals surface area contributed by atoms with E-state index in [0.29, 0.717) is 18.7 Å². The summed E-state index contributed by atoms with van der Waals surface area (Å²) < 4.78 is 12.7. The summed E-state index contributed by atoms with van der Waals surface area (Å²) in [6.07, 6.45) is 2.79. The molecule has 0 radical (unpaired) electrons. The van der Waals surface area contributed by atoms with E-state index < -0.39 is 0 Å². The van der Waals surface area contributed by atoms with Crippen LogP contribution in [0.2, 0.25) is 0 Å². The van der Waals surface area contributed by atoms with E-state index in [1.165, 1.54) is 0 Å². The molecule has 0 bridgehead atoms. The number of imidazole rings is 1. The summed E-state index contributed by atoms with van der Waals surface area (Å²) in [5.41, 5.74) is 5.19. The molecule has 0 atom stereocenters. The standard InChI is InChI=1S/C22H28N4O3/c1-6-10-26-19-9-8-16(21(27)29-7-2)11-17(19)25-22(26)24-13-18-15(4)20(28-5)14(3)12-23-18/h8-9,11-12H,6-7,10,13H2,1-5H3,(H,24,25). The number of aryl methyl sites for hydroxylation is 2. The number of nitrogens with zero attached hydrogens (tertiary/aromatic N) is 3. The number of benzene rings is 1. The van der Waals surface area contributed by atoms with Gasteiger partial charge < -0.3 is 19.4 Å². The van der Waals surface area contributed by atoms with Crippen LogP contribution >= 0.6 is 0 Å². The molecule has 7 heteroatoms. The van der Waals surface area contributed by atoms with Crippen LogP contribution in [-0.2, 0) is 17.8 Å². The van der Waals surface area contributed by atoms with Crippen LogP contribution in [0.4, 0.5) is 5.95 Å². The zero-order chi connectivity index (χ0) is 21.0. The predicted octanol–water partition coefficient (Wildman–Crippen LogP) is 4.26. The summed E-state index contributed by atoms with van der Waals surface area (Å²) in [5.74, 6) is 1.28. The van der Waals surface area contributed by atoms with Crippen LogP contribution in [0.1, 0.15) is 47.4 Å². The highest BCUT2D eigenvalue weighted by Gasteiger charge is 2.15. The summed E-state index contributed by atoms with van der Waals surface area (Å²) in [6.45, 7) is 9.61. The highest BCUT2D eigenvalue weighted by atomic mass is 16.5. The van der Waals surface area contributed by atoms with Gasteiger partial charge in [0.25, 0.3) is 0 Å². The Morgan fingerprint density at radius 1 is 1.24 bits per heavy atom. The monoisotopic (exact) mass is 396 g/mol. The molecule has 7 nitrogen and oxygen atoms in total. The number of methoxy groups -OCH3 is 1. The lowest BCUT2D eigenvalue weighted by Crippen LogP contribution is -2.10. The minimum Gasteiger partial charge on any atom is -0.496 e. The number of nitrogens with one attached hydrogen (secondary N) is 1. The first-order valence-electron chi connectivity index (χ1n) is 9.90. The fourth-order valence-corrected chi connectivity index (χ4v) is 3.47. The molecule has 3 rings (SSSR count). The van der Waals surface area contributed by atoms with Crippen molar-refractivity contribution < 1.29 is 14.3 Å². The number of pyridine rings is 1. The third-order valence-corrected chi connectivity index (χ3v) is 4.87. The summed E-state index contributed by atoms with van der Waals surface area (Å²) >= 11 is 0. The topological polar surface area (TPSA) is 78.3 Å². The Bertz CT molecular complexity index is 1030. The van der Waals surface area contributed by atoms with Gasteiger partial charge in [-0.1, -0.05) is 6.92 Å². The Hall–Kier alpha value is -3.09. The van der Waals surface area contributed by atoms with Gasteiger partial charge in [0, 0.05) is 23.9 Å². The quantitative estimate of drug-likeness (QED) is 0.573. The summed E-state index contributed by atoms with van der Waals surface area (Å²) in [6, 6.07) is 5.49. The Kier molecular flexibility index (Phi) is 6.36. The molecule has 0 amide bonds. The molecule has 2 heterocycles. The summed E-state index contributed by atoms with van der Waals surface area (Å²) in [4.78, 5) is 21.3. The van der Waals surface area contributed by atoms with Crippen LogP contribution in [0, 0.1) is 13.8 Å². The normalized spacial score (nSPS) is 10.9. The SMILES string of the molecule is CCCn1c(NCc2ncc(C)c(OC)c2C)nc2cc(C(=O)OCC)ccc21. The molecular weight excluding hydrogens is 368 g/mol. The van der Waals surface area contributed by atoms with Gasteiger partial charge in [0.1, 0.15) is 5.75 Å². The third-order valence-electron chi connectivity index (χ3n) is 4.87. The van der Waals surface area contributed by atoms with Gasteiger partial charge in [-0.3, -0.25) is 4.98 Å². The van der Waals surface area contributed by atoms with E-state index in [4.69, 9.17) is 14.5 Å². The van der Waals surface area contributed by atoms with E-state index in [2.05, 4.69) is 21.8 Å². The maximum absolute atomic E-state index is 12.0. The highest BCUT2D eigenvalue weighted by molar-refractivity contribution is 5.94. The fourth-order valence-electron chi connectivity index (χ4n) is 3.47. The van der Waals surface area contributed by atoms with Crippen LogP contribution in [0.5, 0.6) is 5.75 Å². The second-order valence-corrected chi connectivity index (χ2v) is 6.91. The van der Waals surface area contributed by atoms with E-state index in [0.717, 1.165) is 52.5 Å². The minimum absolute atomic E-state index is 0.333. The zero-order valence-electron chi connectivity index (χ0n) is 17.7. The number of rotatable bonds is 8. The molecule has 1 aromatic carbocycles. The van der Waals surface area contributed by atoms with E-state index >= 15 is 0 Å². The zero-order valence-corrected chi connectivity index (χ0v) is 17.7. The van der Waals surface area contributed by atoms with Crippen molar-refractivity contribution in [1.82, 2.24) is 14.5 Å². The number of aromatic nitrogens is 3. The van der Waals surface area contributed by atoms with Crippen LogP contribution in [-0.4, -0.2) is 34.2 Å². The molecule has 0 aliphatic heterocycles. The molecule has 0 fully saturated rings. The van der Waals surface area contributed by atoms with Gasteiger partial charge in [0.05, 0.1) is 42.6 Å². The average molecular weight is 396 g/mol. The van der Waals surface area contributed by atoms with Crippen molar-refractivity contribution in [2.24, 2.45) is 0 Å². The molecule has 0 aliphatic carbocycles. The van der Waals surface area contributed by atoms with Crippen LogP contribution < -0.4 is 10.1 Å². The van der Waals surface area contributed by atoms with Crippen molar-refractivity contribution in [1.29, 1.82) is 0 Å². The van der Waals surface area contributed by atoms with Gasteiger partial charge in [-0.2, -0.15) is 0 Å². The molecule has 0 saturated heterocycles. The van der Waals surface area contributed by atoms with Gasteiger partial charge in [0.15, 0.2) is 0 Å². The number of ether oxygens (including phenoxy) is 2. The van der Waals surface area contributed by atoms with Gasteiger partial charge in [-0.25, -0.2) is 9.78 Å². The molecule has 3 aromatic rings. The first-order valence-corrected chi connectivity index (χ1v) is 9.90. The number of carbonyl (C=O) groups is 1. The second-order valence-electron chi connectivity index (χ2n) is 6.91. The Balaban J connectivity index is 1.92. The van der Waals surface area contributed by atoms with Crippen molar-refractivity contribution in [3.8, 4) is 5.75 Å². The maximum Gasteiger partial charge on any atom is 0.338 e. The first kappa shape index (κ1) is 20.6. The molecule has 154 valence electrons. The van der Waals surface area contributed by atoms with Crippen LogP contribution in [0.15, 0.2) is 24.4 Å². The van der Waals surface area contributed by atoms with Crippen molar-refractivity contribution in [3.05, 3.63) is 46.8 Å². The minimum atomic E-state index is -0.333. The van der Waals surface area contributed by atoms with Crippen molar-refractivity contribution in [2.45, 2.75) is 47.2 Å². The average Bonchev–Trinajstić information content (AvgIpc) is 3.05. The summed E-state index contributed by atoms with van der Waals surface area (Å²) in [5, 5.41) is 3.41. The van der Waals surface area contributed by atoms with E-state index in [1.807, 2.05) is 26.1 Å². The maximum atomic E-state index is 12.0. The van der Waals surface area contributed by atoms with Gasteiger partial charge >= 0.3 is 5.97 Å². The van der Waals surface area contributed by atoms with E-state index in [9.17, 15) is 4.79 Å². The number of esters is 1. The largest absolute Gasteiger partial charge is 0.496 e. The van der Waals surface area contributed by atoms with Crippen LogP contribution in [0.25, 0.3) is 11.0 Å². The van der Waals surface area contributed by atoms with Gasteiger partial charge in [0.2, 0.25) is 5.95 Å². The second kappa shape index (κ2) is 8.94. The van der Waals surface area contributed by atoms with Crippen molar-refractivity contribution in [3.63, 3.8) is 0 Å². The predicted molar refractivity (Wildman–Crippen MR) is 114 cm³/mol. The van der Waals surface area contributed by atoms with E-state index in [1.54, 1.807) is 26.2 Å². The molecule has 29 heavy (non-hydrogen) atoms. The van der Waals surface area contributed by atoms with Crippen LogP contribution in [0.3, 0.4) is 0 Å². The Morgan fingerprint density at radius 3 is 2.72 bits per heavy atom. The smallest absolute Gasteiger partial charge is 0.338 e. The number of anilines is 1. The van der Waals surface area contributed by atoms with E-state index in [-0.39, 0.29) is 5.97 Å². The van der Waals surface area contributed by atoms with Crippen molar-refractivity contribution in [2.75, 3.05) is 19.0 Å². The van der Waals surface area contributed by atoms with Crippen molar-refractivity contribution >= 4 is 23.0 Å². The lowest BCUT2D eigenvalue weighted by molar-refractivity contribution is 0.0526. The molecule has 0 saturated carbocycles. The number of fused-ring (bicyclic) bond motifs is 1.